The SMILES string of the molecule is CCOC(=O)c1nn(C2CC(CO)C2)cc1B(O)O. The fourth-order valence-electron chi connectivity index (χ4n) is 2.21. The van der Waals surface area contributed by atoms with Crippen molar-refractivity contribution in [3.05, 3.63) is 11.9 Å². The highest BCUT2D eigenvalue weighted by atomic mass is 16.5. The standard InChI is InChI=1S/C11H17BN2O5/c1-2-19-11(16)10-9(12(17)18)5-14(13-10)8-3-7(4-8)6-15/h5,7-8,15,17-18H,2-4,6H2,1H3. The van der Waals surface area contributed by atoms with E-state index >= 15 is 0 Å². The van der Waals surface area contributed by atoms with Crippen LogP contribution in [0.25, 0.3) is 0 Å². The van der Waals surface area contributed by atoms with Crippen molar-refractivity contribution in [3.8, 4) is 0 Å². The Hall–Kier alpha value is -1.38. The molecule has 3 N–H and O–H groups in total. The van der Waals surface area contributed by atoms with Gasteiger partial charge in [0.25, 0.3) is 0 Å². The Labute approximate surface area is 111 Å². The largest absolute Gasteiger partial charge is 0.492 e. The molecule has 2 rings (SSSR count). The van der Waals surface area contributed by atoms with Crippen molar-refractivity contribution in [2.45, 2.75) is 25.8 Å². The van der Waals surface area contributed by atoms with Gasteiger partial charge in [-0.2, -0.15) is 5.10 Å². The first-order valence-electron chi connectivity index (χ1n) is 6.30. The molecule has 0 aromatic carbocycles. The minimum absolute atomic E-state index is 0.0471. The smallest absolute Gasteiger partial charge is 0.461 e. The summed E-state index contributed by atoms with van der Waals surface area (Å²) < 4.78 is 6.38. The van der Waals surface area contributed by atoms with Crippen LogP contribution >= 0.6 is 0 Å². The minimum Gasteiger partial charge on any atom is -0.461 e. The summed E-state index contributed by atoms with van der Waals surface area (Å²) in [6.07, 6.45) is 2.98. The molecular formula is C11H17BN2O5. The molecule has 0 saturated heterocycles. The number of hydrogen-bond donors (Lipinski definition) is 3. The summed E-state index contributed by atoms with van der Waals surface area (Å²) in [5, 5.41) is 31.6. The average molecular weight is 268 g/mol. The third kappa shape index (κ3) is 2.80. The predicted molar refractivity (Wildman–Crippen MR) is 66.9 cm³/mol. The molecule has 8 heteroatoms. The molecule has 0 unspecified atom stereocenters. The van der Waals surface area contributed by atoms with Crippen LogP contribution in [0, 0.1) is 5.92 Å². The Kier molecular flexibility index (Phi) is 4.23. The van der Waals surface area contributed by atoms with Crippen LogP contribution in [0.15, 0.2) is 6.20 Å². The van der Waals surface area contributed by atoms with Crippen molar-refractivity contribution in [2.75, 3.05) is 13.2 Å². The first-order valence-corrected chi connectivity index (χ1v) is 6.30. The number of aliphatic hydroxyl groups excluding tert-OH is 1. The fraction of sp³-hybridized carbons (Fsp3) is 0.636. The zero-order chi connectivity index (χ0) is 14.0. The number of ether oxygens (including phenoxy) is 1. The number of carbonyl (C=O) groups excluding carboxylic acids is 1. The number of aliphatic hydroxyl groups is 1. The zero-order valence-corrected chi connectivity index (χ0v) is 10.7. The van der Waals surface area contributed by atoms with E-state index in [2.05, 4.69) is 5.10 Å². The number of rotatable bonds is 5. The molecule has 1 aliphatic rings. The van der Waals surface area contributed by atoms with E-state index in [0.29, 0.717) is 0 Å². The second-order valence-electron chi connectivity index (χ2n) is 4.68. The molecule has 1 aliphatic carbocycles. The maximum absolute atomic E-state index is 11.7. The van der Waals surface area contributed by atoms with Gasteiger partial charge in [-0.3, -0.25) is 4.68 Å². The van der Waals surface area contributed by atoms with E-state index in [4.69, 9.17) is 9.84 Å². The predicted octanol–water partition coefficient (Wildman–Crippen LogP) is -1.32. The summed E-state index contributed by atoms with van der Waals surface area (Å²) >= 11 is 0. The highest BCUT2D eigenvalue weighted by Gasteiger charge is 2.33. The van der Waals surface area contributed by atoms with Crippen molar-refractivity contribution >= 4 is 18.6 Å². The average Bonchev–Trinajstić information content (AvgIpc) is 2.73. The lowest BCUT2D eigenvalue weighted by Gasteiger charge is -2.34. The number of carbonyl (C=O) groups is 1. The maximum atomic E-state index is 11.7. The van der Waals surface area contributed by atoms with E-state index in [9.17, 15) is 14.8 Å². The van der Waals surface area contributed by atoms with Crippen molar-refractivity contribution in [3.63, 3.8) is 0 Å². The number of hydrogen-bond acceptors (Lipinski definition) is 6. The van der Waals surface area contributed by atoms with Crippen LogP contribution in [0.2, 0.25) is 0 Å². The Morgan fingerprint density at radius 3 is 2.79 bits per heavy atom. The molecule has 1 heterocycles. The van der Waals surface area contributed by atoms with Gasteiger partial charge >= 0.3 is 13.1 Å². The number of esters is 1. The van der Waals surface area contributed by atoms with Crippen LogP contribution in [-0.2, 0) is 4.74 Å². The lowest BCUT2D eigenvalue weighted by atomic mass is 9.79. The Morgan fingerprint density at radius 2 is 2.26 bits per heavy atom. The highest BCUT2D eigenvalue weighted by Crippen LogP contribution is 2.36. The molecule has 0 atom stereocenters. The van der Waals surface area contributed by atoms with Gasteiger partial charge in [0.05, 0.1) is 12.6 Å². The fourth-order valence-corrected chi connectivity index (χ4v) is 2.21. The van der Waals surface area contributed by atoms with E-state index in [1.54, 1.807) is 11.6 Å². The molecule has 7 nitrogen and oxygen atoms in total. The minimum atomic E-state index is -1.76. The third-order valence-electron chi connectivity index (χ3n) is 3.35. The lowest BCUT2D eigenvalue weighted by Crippen LogP contribution is -2.34. The van der Waals surface area contributed by atoms with E-state index in [1.165, 1.54) is 6.20 Å². The van der Waals surface area contributed by atoms with E-state index < -0.39 is 13.1 Å². The van der Waals surface area contributed by atoms with Gasteiger partial charge in [0.15, 0.2) is 5.69 Å². The second-order valence-corrected chi connectivity index (χ2v) is 4.68. The summed E-state index contributed by atoms with van der Waals surface area (Å²) in [4.78, 5) is 11.7. The van der Waals surface area contributed by atoms with Gasteiger partial charge in [0.2, 0.25) is 0 Å². The van der Waals surface area contributed by atoms with Gasteiger partial charge in [0.1, 0.15) is 0 Å². The van der Waals surface area contributed by atoms with Gasteiger partial charge in [0, 0.05) is 18.3 Å². The van der Waals surface area contributed by atoms with Crippen LogP contribution in [0.3, 0.4) is 0 Å². The summed E-state index contributed by atoms with van der Waals surface area (Å²) in [5.41, 5.74) is -0.0183. The zero-order valence-electron chi connectivity index (χ0n) is 10.7. The normalized spacial score (nSPS) is 21.9. The number of aromatic nitrogens is 2. The molecule has 0 aliphatic heterocycles. The van der Waals surface area contributed by atoms with Crippen molar-refractivity contribution in [1.29, 1.82) is 0 Å². The summed E-state index contributed by atoms with van der Waals surface area (Å²) in [5.74, 6) is -0.412. The molecule has 0 amide bonds. The molecule has 0 bridgehead atoms. The lowest BCUT2D eigenvalue weighted by molar-refractivity contribution is 0.0516. The Morgan fingerprint density at radius 1 is 1.58 bits per heavy atom. The van der Waals surface area contributed by atoms with Crippen LogP contribution in [-0.4, -0.2) is 51.2 Å². The molecule has 1 aromatic heterocycles. The molecule has 1 fully saturated rings. The van der Waals surface area contributed by atoms with Gasteiger partial charge in [-0.1, -0.05) is 0 Å². The topological polar surface area (TPSA) is 105 Å². The van der Waals surface area contributed by atoms with Crippen molar-refractivity contribution < 1.29 is 24.7 Å². The molecule has 0 spiro atoms. The third-order valence-corrected chi connectivity index (χ3v) is 3.35. The van der Waals surface area contributed by atoms with E-state index in [1.807, 2.05) is 0 Å². The quantitative estimate of drug-likeness (QED) is 0.452. The van der Waals surface area contributed by atoms with Crippen LogP contribution < -0.4 is 5.46 Å². The Bertz CT molecular complexity index is 456. The maximum Gasteiger partial charge on any atom is 0.492 e. The summed E-state index contributed by atoms with van der Waals surface area (Å²) in [7, 11) is -1.76. The first-order chi connectivity index (χ1) is 9.06. The number of nitrogens with zero attached hydrogens (tertiary/aromatic N) is 2. The van der Waals surface area contributed by atoms with Crippen molar-refractivity contribution in [1.82, 2.24) is 9.78 Å². The summed E-state index contributed by atoms with van der Waals surface area (Å²) in [6, 6.07) is 0.0813. The van der Waals surface area contributed by atoms with Gasteiger partial charge in [-0.05, 0) is 25.7 Å². The Balaban J connectivity index is 2.18. The van der Waals surface area contributed by atoms with Crippen LogP contribution in [0.4, 0.5) is 0 Å². The van der Waals surface area contributed by atoms with Gasteiger partial charge in [-0.25, -0.2) is 4.79 Å². The highest BCUT2D eigenvalue weighted by molar-refractivity contribution is 6.60. The summed E-state index contributed by atoms with van der Waals surface area (Å²) in [6.45, 7) is 2.00. The van der Waals surface area contributed by atoms with E-state index in [0.717, 1.165) is 12.8 Å². The first kappa shape index (κ1) is 14.0. The monoisotopic (exact) mass is 268 g/mol. The molecule has 104 valence electrons. The molecule has 1 saturated carbocycles. The molecule has 0 radical (unpaired) electrons. The van der Waals surface area contributed by atoms with Crippen molar-refractivity contribution in [2.24, 2.45) is 5.92 Å². The van der Waals surface area contributed by atoms with Gasteiger partial charge < -0.3 is 19.9 Å². The van der Waals surface area contributed by atoms with Crippen LogP contribution in [0.1, 0.15) is 36.3 Å². The molecule has 19 heavy (non-hydrogen) atoms. The van der Waals surface area contributed by atoms with E-state index in [-0.39, 0.29) is 36.3 Å². The second kappa shape index (κ2) is 5.73. The van der Waals surface area contributed by atoms with Crippen LogP contribution in [0.5, 0.6) is 0 Å². The molecule has 1 aromatic rings. The molecular weight excluding hydrogens is 251 g/mol. The van der Waals surface area contributed by atoms with Gasteiger partial charge in [-0.15, -0.1) is 0 Å².